The number of carbonyl (C=O) groups excluding carboxylic acids is 2. The summed E-state index contributed by atoms with van der Waals surface area (Å²) in [6.07, 6.45) is 0. The predicted octanol–water partition coefficient (Wildman–Crippen LogP) is 0.538. The number of nitrogens with one attached hydrogen (secondary N) is 3. The lowest BCUT2D eigenvalue weighted by molar-refractivity contribution is -0.120. The summed E-state index contributed by atoms with van der Waals surface area (Å²) >= 11 is 3.04. The van der Waals surface area contributed by atoms with Crippen LogP contribution in [-0.2, 0) is 14.8 Å². The molecule has 1 unspecified atom stereocenters. The van der Waals surface area contributed by atoms with Gasteiger partial charge in [-0.3, -0.25) is 14.8 Å². The van der Waals surface area contributed by atoms with Crippen LogP contribution in [-0.4, -0.2) is 32.2 Å². The summed E-state index contributed by atoms with van der Waals surface area (Å²) in [5.74, 6) is -1.75. The summed E-state index contributed by atoms with van der Waals surface area (Å²) in [5.41, 5.74) is -0.280. The van der Waals surface area contributed by atoms with E-state index in [1.165, 1.54) is 12.1 Å². The maximum atomic E-state index is 13.6. The fourth-order valence-corrected chi connectivity index (χ4v) is 3.15. The van der Waals surface area contributed by atoms with Gasteiger partial charge in [-0.25, -0.2) is 17.6 Å². The Balaban J connectivity index is 2.23. The third kappa shape index (κ3) is 3.07. The number of amides is 3. The molecule has 0 spiro atoms. The van der Waals surface area contributed by atoms with E-state index in [1.807, 2.05) is 10.0 Å². The Hall–Kier alpha value is -1.68. The van der Waals surface area contributed by atoms with Crippen LogP contribution in [0.1, 0.15) is 0 Å². The summed E-state index contributed by atoms with van der Waals surface area (Å²) in [7, 11) is -4.18. The molecule has 1 aromatic rings. The monoisotopic (exact) mass is 365 g/mol. The standard InChI is InChI=1S/C10H9BrFN3O4S/c11-5-1-2-7(6(12)3-5)15-20(18,19)8-4-13-10(17)14-9(8)16/h1-3,8,15H,4H2,(H2,13,14,16,17). The highest BCUT2D eigenvalue weighted by molar-refractivity contribution is 9.10. The largest absolute Gasteiger partial charge is 0.336 e. The summed E-state index contributed by atoms with van der Waals surface area (Å²) in [5, 5.41) is 2.50. The van der Waals surface area contributed by atoms with Gasteiger partial charge in [0.25, 0.3) is 0 Å². The van der Waals surface area contributed by atoms with Gasteiger partial charge in [-0.15, -0.1) is 0 Å². The van der Waals surface area contributed by atoms with Gasteiger partial charge in [0.1, 0.15) is 5.82 Å². The molecular formula is C10H9BrFN3O4S. The highest BCUT2D eigenvalue weighted by atomic mass is 79.9. The maximum absolute atomic E-state index is 13.6. The molecule has 0 aliphatic carbocycles. The Labute approximate surface area is 122 Å². The zero-order valence-corrected chi connectivity index (χ0v) is 12.2. The van der Waals surface area contributed by atoms with Gasteiger partial charge >= 0.3 is 6.03 Å². The van der Waals surface area contributed by atoms with Crippen LogP contribution in [0.2, 0.25) is 0 Å². The summed E-state index contributed by atoms with van der Waals surface area (Å²) in [4.78, 5) is 22.4. The second kappa shape index (κ2) is 5.37. The number of carbonyl (C=O) groups is 2. The van der Waals surface area contributed by atoms with Gasteiger partial charge in [0.05, 0.1) is 5.69 Å². The highest BCUT2D eigenvalue weighted by Gasteiger charge is 2.37. The van der Waals surface area contributed by atoms with E-state index >= 15 is 0 Å². The van der Waals surface area contributed by atoms with E-state index in [2.05, 4.69) is 21.2 Å². The molecule has 1 saturated heterocycles. The van der Waals surface area contributed by atoms with E-state index in [1.54, 1.807) is 0 Å². The second-order valence-corrected chi connectivity index (χ2v) is 6.74. The zero-order chi connectivity index (χ0) is 14.9. The van der Waals surface area contributed by atoms with Crippen molar-refractivity contribution in [1.82, 2.24) is 10.6 Å². The van der Waals surface area contributed by atoms with Crippen molar-refractivity contribution in [3.8, 4) is 0 Å². The lowest BCUT2D eigenvalue weighted by atomic mass is 10.3. The Kier molecular flexibility index (Phi) is 3.95. The second-order valence-electron chi connectivity index (χ2n) is 3.96. The smallest absolute Gasteiger partial charge is 0.321 e. The minimum atomic E-state index is -4.18. The first kappa shape index (κ1) is 14.7. The van der Waals surface area contributed by atoms with Crippen LogP contribution in [0.25, 0.3) is 0 Å². The summed E-state index contributed by atoms with van der Waals surface area (Å²) in [6.45, 7) is -0.377. The lowest BCUT2D eigenvalue weighted by Crippen LogP contribution is -2.58. The van der Waals surface area contributed by atoms with E-state index in [-0.39, 0.29) is 12.2 Å². The molecule has 1 fully saturated rings. The topological polar surface area (TPSA) is 104 Å². The number of anilines is 1. The quantitative estimate of drug-likeness (QED) is 0.726. The maximum Gasteiger partial charge on any atom is 0.321 e. The SMILES string of the molecule is O=C1NCC(S(=O)(=O)Nc2ccc(Br)cc2F)C(=O)N1. The molecule has 1 aromatic carbocycles. The number of halogens is 2. The molecule has 1 aliphatic heterocycles. The number of hydrogen-bond acceptors (Lipinski definition) is 4. The molecule has 0 bridgehead atoms. The summed E-state index contributed by atoms with van der Waals surface area (Å²) in [6, 6.07) is 2.98. The van der Waals surface area contributed by atoms with Gasteiger partial charge in [-0.1, -0.05) is 15.9 Å². The van der Waals surface area contributed by atoms with Crippen molar-refractivity contribution in [2.45, 2.75) is 5.25 Å². The van der Waals surface area contributed by atoms with Crippen molar-refractivity contribution in [1.29, 1.82) is 0 Å². The van der Waals surface area contributed by atoms with Gasteiger partial charge in [0.2, 0.25) is 15.9 Å². The Bertz CT molecular complexity index is 679. The van der Waals surface area contributed by atoms with Crippen LogP contribution < -0.4 is 15.4 Å². The first-order valence-electron chi connectivity index (χ1n) is 5.35. The van der Waals surface area contributed by atoms with E-state index in [4.69, 9.17) is 0 Å². The third-order valence-electron chi connectivity index (χ3n) is 2.54. The minimum Gasteiger partial charge on any atom is -0.336 e. The van der Waals surface area contributed by atoms with E-state index < -0.39 is 33.0 Å². The molecule has 20 heavy (non-hydrogen) atoms. The van der Waals surface area contributed by atoms with Gasteiger partial charge < -0.3 is 5.32 Å². The van der Waals surface area contributed by atoms with Crippen LogP contribution >= 0.6 is 15.9 Å². The highest BCUT2D eigenvalue weighted by Crippen LogP contribution is 2.21. The van der Waals surface area contributed by atoms with Gasteiger partial charge in [-0.05, 0) is 18.2 Å². The fraction of sp³-hybridized carbons (Fsp3) is 0.200. The molecule has 0 saturated carbocycles. The van der Waals surface area contributed by atoms with Crippen molar-refractivity contribution >= 4 is 43.6 Å². The molecule has 1 atom stereocenters. The predicted molar refractivity (Wildman–Crippen MR) is 72.0 cm³/mol. The molecule has 108 valence electrons. The number of benzene rings is 1. The fourth-order valence-electron chi connectivity index (χ4n) is 1.56. The first-order chi connectivity index (χ1) is 9.29. The molecule has 1 aliphatic rings. The van der Waals surface area contributed by atoms with Crippen LogP contribution in [0.15, 0.2) is 22.7 Å². The van der Waals surface area contributed by atoms with Crippen molar-refractivity contribution in [3.63, 3.8) is 0 Å². The number of hydrogen-bond donors (Lipinski definition) is 3. The molecule has 3 N–H and O–H groups in total. The Morgan fingerprint density at radius 2 is 2.05 bits per heavy atom. The number of rotatable bonds is 3. The van der Waals surface area contributed by atoms with E-state index in [0.717, 1.165) is 6.07 Å². The molecule has 10 heteroatoms. The summed E-state index contributed by atoms with van der Waals surface area (Å²) < 4.78 is 40.0. The van der Waals surface area contributed by atoms with Gasteiger partial charge in [0, 0.05) is 11.0 Å². The number of imide groups is 1. The zero-order valence-electron chi connectivity index (χ0n) is 9.81. The average molecular weight is 366 g/mol. The minimum absolute atomic E-state index is 0.280. The van der Waals surface area contributed by atoms with Crippen molar-refractivity contribution in [3.05, 3.63) is 28.5 Å². The third-order valence-corrected chi connectivity index (χ3v) is 4.66. The molecule has 7 nitrogen and oxygen atoms in total. The molecule has 1 heterocycles. The van der Waals surface area contributed by atoms with Gasteiger partial charge in [-0.2, -0.15) is 0 Å². The number of sulfonamides is 1. The van der Waals surface area contributed by atoms with Crippen LogP contribution in [0.3, 0.4) is 0 Å². The molecular weight excluding hydrogens is 357 g/mol. The van der Waals surface area contributed by atoms with Crippen LogP contribution in [0.4, 0.5) is 14.9 Å². The van der Waals surface area contributed by atoms with E-state index in [9.17, 15) is 22.4 Å². The lowest BCUT2D eigenvalue weighted by Gasteiger charge is -2.22. The molecule has 0 aromatic heterocycles. The van der Waals surface area contributed by atoms with Crippen LogP contribution in [0.5, 0.6) is 0 Å². The average Bonchev–Trinajstić information content (AvgIpc) is 2.32. The van der Waals surface area contributed by atoms with Crippen molar-refractivity contribution in [2.75, 3.05) is 11.3 Å². The normalized spacial score (nSPS) is 19.2. The van der Waals surface area contributed by atoms with Crippen molar-refractivity contribution in [2.24, 2.45) is 0 Å². The molecule has 2 rings (SSSR count). The molecule has 3 amide bonds. The molecule has 0 radical (unpaired) electrons. The first-order valence-corrected chi connectivity index (χ1v) is 7.69. The Morgan fingerprint density at radius 1 is 1.35 bits per heavy atom. The van der Waals surface area contributed by atoms with E-state index in [0.29, 0.717) is 4.47 Å². The van der Waals surface area contributed by atoms with Crippen LogP contribution in [0, 0.1) is 5.82 Å². The van der Waals surface area contributed by atoms with Crippen molar-refractivity contribution < 1.29 is 22.4 Å². The Morgan fingerprint density at radius 3 is 2.65 bits per heavy atom. The van der Waals surface area contributed by atoms with Gasteiger partial charge in [0.15, 0.2) is 5.25 Å². The number of urea groups is 1.